The Bertz CT molecular complexity index is 651. The molecule has 1 atom stereocenters. The highest BCUT2D eigenvalue weighted by molar-refractivity contribution is 5.80. The molecule has 1 fully saturated rings. The zero-order chi connectivity index (χ0) is 15.2. The maximum atomic E-state index is 5.92. The molecule has 4 nitrogen and oxygen atoms in total. The molecule has 1 aromatic heterocycles. The molecule has 0 spiro atoms. The molecule has 0 aliphatic carbocycles. The van der Waals surface area contributed by atoms with Crippen molar-refractivity contribution in [1.82, 2.24) is 14.5 Å². The first kappa shape index (κ1) is 14.4. The molecule has 1 aliphatic rings. The van der Waals surface area contributed by atoms with E-state index < -0.39 is 0 Å². The minimum atomic E-state index is 0.0400. The van der Waals surface area contributed by atoms with Crippen molar-refractivity contribution in [3.05, 3.63) is 24.0 Å². The molecule has 3 rings (SSSR count). The lowest BCUT2D eigenvalue weighted by atomic mass is 9.95. The molecule has 114 valence electrons. The van der Waals surface area contributed by atoms with Crippen LogP contribution in [0.3, 0.4) is 0 Å². The van der Waals surface area contributed by atoms with Crippen LogP contribution >= 0.6 is 0 Å². The van der Waals surface area contributed by atoms with Crippen LogP contribution < -0.4 is 5.73 Å². The lowest BCUT2D eigenvalue weighted by Gasteiger charge is -2.22. The van der Waals surface area contributed by atoms with Crippen molar-refractivity contribution in [2.75, 3.05) is 25.9 Å². The molecule has 2 N–H and O–H groups in total. The third-order valence-electron chi connectivity index (χ3n) is 4.37. The summed E-state index contributed by atoms with van der Waals surface area (Å²) in [5.74, 6) is 1.88. The van der Waals surface area contributed by atoms with E-state index >= 15 is 0 Å². The van der Waals surface area contributed by atoms with Gasteiger partial charge in [-0.15, -0.1) is 0 Å². The number of nitrogen functional groups attached to an aromatic ring is 1. The Balaban J connectivity index is 2.05. The van der Waals surface area contributed by atoms with Crippen LogP contribution in [0.25, 0.3) is 11.0 Å². The van der Waals surface area contributed by atoms with Crippen molar-refractivity contribution in [1.29, 1.82) is 0 Å². The van der Waals surface area contributed by atoms with E-state index in [1.54, 1.807) is 0 Å². The summed E-state index contributed by atoms with van der Waals surface area (Å²) < 4.78 is 2.42. The van der Waals surface area contributed by atoms with Crippen LogP contribution in [-0.2, 0) is 12.0 Å². The molecule has 0 amide bonds. The number of hydrogen-bond donors (Lipinski definition) is 1. The van der Waals surface area contributed by atoms with Gasteiger partial charge in [-0.05, 0) is 44.1 Å². The van der Waals surface area contributed by atoms with E-state index in [0.717, 1.165) is 23.6 Å². The number of benzene rings is 1. The van der Waals surface area contributed by atoms with Gasteiger partial charge in [-0.2, -0.15) is 0 Å². The van der Waals surface area contributed by atoms with Crippen molar-refractivity contribution in [2.24, 2.45) is 5.92 Å². The number of hydrogen-bond acceptors (Lipinski definition) is 3. The second-order valence-electron chi connectivity index (χ2n) is 7.46. The quantitative estimate of drug-likeness (QED) is 0.864. The molecule has 1 aliphatic heterocycles. The summed E-state index contributed by atoms with van der Waals surface area (Å²) in [4.78, 5) is 7.29. The number of anilines is 1. The second kappa shape index (κ2) is 5.02. The fourth-order valence-electron chi connectivity index (χ4n) is 3.34. The summed E-state index contributed by atoms with van der Waals surface area (Å²) in [6, 6.07) is 6.08. The SMILES string of the molecule is CN1CCC(Cn2c(C(C)(C)C)nc3cc(N)ccc32)C1. The van der Waals surface area contributed by atoms with Crippen molar-refractivity contribution in [2.45, 2.75) is 39.2 Å². The predicted molar refractivity (Wildman–Crippen MR) is 88.4 cm³/mol. The van der Waals surface area contributed by atoms with Gasteiger partial charge in [-0.25, -0.2) is 4.98 Å². The van der Waals surface area contributed by atoms with E-state index in [1.807, 2.05) is 12.1 Å². The predicted octanol–water partition coefficient (Wildman–Crippen LogP) is 2.87. The lowest BCUT2D eigenvalue weighted by molar-refractivity contribution is 0.371. The Labute approximate surface area is 126 Å². The minimum Gasteiger partial charge on any atom is -0.399 e. The largest absolute Gasteiger partial charge is 0.399 e. The van der Waals surface area contributed by atoms with Crippen LogP contribution in [0.5, 0.6) is 0 Å². The molecule has 4 heteroatoms. The summed E-state index contributed by atoms with van der Waals surface area (Å²) in [5.41, 5.74) is 8.97. The van der Waals surface area contributed by atoms with Gasteiger partial charge in [0, 0.05) is 24.2 Å². The van der Waals surface area contributed by atoms with E-state index in [1.165, 1.54) is 25.0 Å². The number of fused-ring (bicyclic) bond motifs is 1. The van der Waals surface area contributed by atoms with Gasteiger partial charge in [0.15, 0.2) is 0 Å². The molecule has 2 aromatic rings. The van der Waals surface area contributed by atoms with Crippen LogP contribution in [0, 0.1) is 5.92 Å². The van der Waals surface area contributed by atoms with E-state index in [2.05, 4.69) is 43.4 Å². The minimum absolute atomic E-state index is 0.0400. The van der Waals surface area contributed by atoms with Crippen LogP contribution in [0.2, 0.25) is 0 Å². The van der Waals surface area contributed by atoms with E-state index in [0.29, 0.717) is 5.92 Å². The van der Waals surface area contributed by atoms with E-state index in [4.69, 9.17) is 10.7 Å². The standard InChI is InChI=1S/C17H26N4/c1-17(2,3)16-19-14-9-13(18)5-6-15(14)21(16)11-12-7-8-20(4)10-12/h5-6,9,12H,7-8,10-11,18H2,1-4H3. The lowest BCUT2D eigenvalue weighted by Crippen LogP contribution is -2.23. The first-order valence-corrected chi connectivity index (χ1v) is 7.79. The van der Waals surface area contributed by atoms with Gasteiger partial charge in [0.1, 0.15) is 5.82 Å². The Morgan fingerprint density at radius 3 is 2.71 bits per heavy atom. The number of aromatic nitrogens is 2. The van der Waals surface area contributed by atoms with Gasteiger partial charge in [0.2, 0.25) is 0 Å². The second-order valence-corrected chi connectivity index (χ2v) is 7.46. The summed E-state index contributed by atoms with van der Waals surface area (Å²) in [5, 5.41) is 0. The van der Waals surface area contributed by atoms with Crippen LogP contribution in [-0.4, -0.2) is 34.6 Å². The Morgan fingerprint density at radius 2 is 2.10 bits per heavy atom. The molecule has 1 saturated heterocycles. The number of rotatable bonds is 2. The highest BCUT2D eigenvalue weighted by Gasteiger charge is 2.26. The van der Waals surface area contributed by atoms with Crippen LogP contribution in [0.15, 0.2) is 18.2 Å². The molecule has 0 radical (unpaired) electrons. The third kappa shape index (κ3) is 2.77. The highest BCUT2D eigenvalue weighted by Crippen LogP contribution is 2.29. The monoisotopic (exact) mass is 286 g/mol. The molecule has 0 bridgehead atoms. The van der Waals surface area contributed by atoms with Gasteiger partial charge in [-0.3, -0.25) is 0 Å². The van der Waals surface area contributed by atoms with E-state index in [9.17, 15) is 0 Å². The molecule has 2 heterocycles. The van der Waals surface area contributed by atoms with Gasteiger partial charge in [-0.1, -0.05) is 20.8 Å². The van der Waals surface area contributed by atoms with Crippen molar-refractivity contribution >= 4 is 16.7 Å². The van der Waals surface area contributed by atoms with Gasteiger partial charge >= 0.3 is 0 Å². The Hall–Kier alpha value is -1.55. The zero-order valence-corrected chi connectivity index (χ0v) is 13.6. The molecule has 1 aromatic carbocycles. The molecular formula is C17H26N4. The smallest absolute Gasteiger partial charge is 0.115 e. The van der Waals surface area contributed by atoms with Gasteiger partial charge in [0.05, 0.1) is 11.0 Å². The van der Waals surface area contributed by atoms with Crippen molar-refractivity contribution in [3.8, 4) is 0 Å². The summed E-state index contributed by atoms with van der Waals surface area (Å²) in [6.07, 6.45) is 1.27. The third-order valence-corrected chi connectivity index (χ3v) is 4.37. The van der Waals surface area contributed by atoms with Crippen molar-refractivity contribution in [3.63, 3.8) is 0 Å². The maximum absolute atomic E-state index is 5.92. The number of likely N-dealkylation sites (tertiary alicyclic amines) is 1. The average molecular weight is 286 g/mol. The van der Waals surface area contributed by atoms with Crippen LogP contribution in [0.4, 0.5) is 5.69 Å². The normalized spacial score (nSPS) is 20.5. The first-order chi connectivity index (χ1) is 9.84. The number of nitrogens with two attached hydrogens (primary N) is 1. The fraction of sp³-hybridized carbons (Fsp3) is 0.588. The summed E-state index contributed by atoms with van der Waals surface area (Å²) in [6.45, 7) is 10.1. The van der Waals surface area contributed by atoms with Crippen LogP contribution in [0.1, 0.15) is 33.0 Å². The van der Waals surface area contributed by atoms with Gasteiger partial charge in [0.25, 0.3) is 0 Å². The topological polar surface area (TPSA) is 47.1 Å². The molecular weight excluding hydrogens is 260 g/mol. The Morgan fingerprint density at radius 1 is 1.33 bits per heavy atom. The van der Waals surface area contributed by atoms with E-state index in [-0.39, 0.29) is 5.41 Å². The molecule has 0 saturated carbocycles. The molecule has 21 heavy (non-hydrogen) atoms. The fourth-order valence-corrected chi connectivity index (χ4v) is 3.34. The average Bonchev–Trinajstić information content (AvgIpc) is 2.93. The Kier molecular flexibility index (Phi) is 3.44. The first-order valence-electron chi connectivity index (χ1n) is 7.79. The highest BCUT2D eigenvalue weighted by atomic mass is 15.1. The van der Waals surface area contributed by atoms with Crippen molar-refractivity contribution < 1.29 is 0 Å². The molecule has 1 unspecified atom stereocenters. The van der Waals surface area contributed by atoms with Gasteiger partial charge < -0.3 is 15.2 Å². The zero-order valence-electron chi connectivity index (χ0n) is 13.6. The summed E-state index contributed by atoms with van der Waals surface area (Å²) in [7, 11) is 2.21. The number of imidazole rings is 1. The number of nitrogens with zero attached hydrogens (tertiary/aromatic N) is 3. The summed E-state index contributed by atoms with van der Waals surface area (Å²) >= 11 is 0. The maximum Gasteiger partial charge on any atom is 0.115 e.